The standard InChI is InChI=1S/C11H17ClO4/c1-9(2)11(14)16-7-4-3-5-10(13)15-8-6-12/h1,3-8H2,2H3. The third-order valence-electron chi connectivity index (χ3n) is 1.70. The predicted molar refractivity (Wildman–Crippen MR) is 61.3 cm³/mol. The van der Waals surface area contributed by atoms with Crippen LogP contribution in [0.3, 0.4) is 0 Å². The maximum absolute atomic E-state index is 11.0. The van der Waals surface area contributed by atoms with Crippen molar-refractivity contribution in [1.29, 1.82) is 0 Å². The van der Waals surface area contributed by atoms with Crippen molar-refractivity contribution in [2.45, 2.75) is 26.2 Å². The normalized spacial score (nSPS) is 9.62. The van der Waals surface area contributed by atoms with Gasteiger partial charge in [0.2, 0.25) is 0 Å². The fourth-order valence-electron chi connectivity index (χ4n) is 0.884. The molecule has 0 unspecified atom stereocenters. The highest BCUT2D eigenvalue weighted by atomic mass is 35.5. The molecule has 92 valence electrons. The number of hydrogen-bond acceptors (Lipinski definition) is 4. The summed E-state index contributed by atoms with van der Waals surface area (Å²) in [6.45, 7) is 5.59. The molecule has 0 amide bonds. The van der Waals surface area contributed by atoms with Crippen LogP contribution >= 0.6 is 11.6 Å². The third-order valence-corrected chi connectivity index (χ3v) is 1.85. The van der Waals surface area contributed by atoms with E-state index in [0.717, 1.165) is 0 Å². The van der Waals surface area contributed by atoms with Crippen LogP contribution in [0.1, 0.15) is 26.2 Å². The molecule has 5 heteroatoms. The van der Waals surface area contributed by atoms with Crippen molar-refractivity contribution in [3.05, 3.63) is 12.2 Å². The molecule has 0 saturated heterocycles. The topological polar surface area (TPSA) is 52.6 Å². The molecule has 0 aliphatic heterocycles. The Bertz CT molecular complexity index is 250. The number of ether oxygens (including phenoxy) is 2. The van der Waals surface area contributed by atoms with Gasteiger partial charge in [0.25, 0.3) is 0 Å². The quantitative estimate of drug-likeness (QED) is 0.286. The lowest BCUT2D eigenvalue weighted by molar-refractivity contribution is -0.143. The van der Waals surface area contributed by atoms with Gasteiger partial charge in [-0.25, -0.2) is 4.79 Å². The monoisotopic (exact) mass is 248 g/mol. The Labute approximate surface area is 101 Å². The summed E-state index contributed by atoms with van der Waals surface area (Å²) in [7, 11) is 0. The zero-order chi connectivity index (χ0) is 12.4. The molecule has 0 atom stereocenters. The minimum absolute atomic E-state index is 0.241. The van der Waals surface area contributed by atoms with Crippen LogP contribution in [0.15, 0.2) is 12.2 Å². The average Bonchev–Trinajstić information content (AvgIpc) is 2.25. The maximum atomic E-state index is 11.0. The maximum Gasteiger partial charge on any atom is 0.333 e. The second-order valence-electron chi connectivity index (χ2n) is 3.28. The first-order valence-electron chi connectivity index (χ1n) is 5.12. The van der Waals surface area contributed by atoms with E-state index in [-0.39, 0.29) is 12.6 Å². The highest BCUT2D eigenvalue weighted by molar-refractivity contribution is 6.18. The van der Waals surface area contributed by atoms with E-state index in [1.807, 2.05) is 0 Å². The molecule has 0 rings (SSSR count). The molecular weight excluding hydrogens is 232 g/mol. The second kappa shape index (κ2) is 9.21. The Hall–Kier alpha value is -1.03. The molecule has 0 saturated carbocycles. The number of unbranched alkanes of at least 4 members (excludes halogenated alkanes) is 1. The van der Waals surface area contributed by atoms with E-state index in [1.54, 1.807) is 6.92 Å². The molecule has 4 nitrogen and oxygen atoms in total. The molecule has 0 N–H and O–H groups in total. The molecule has 0 radical (unpaired) electrons. The van der Waals surface area contributed by atoms with Crippen molar-refractivity contribution in [2.75, 3.05) is 19.1 Å². The lowest BCUT2D eigenvalue weighted by Gasteiger charge is -2.04. The van der Waals surface area contributed by atoms with E-state index in [1.165, 1.54) is 0 Å². The first kappa shape index (κ1) is 15.0. The fourth-order valence-corrected chi connectivity index (χ4v) is 0.961. The van der Waals surface area contributed by atoms with E-state index in [2.05, 4.69) is 6.58 Å². The van der Waals surface area contributed by atoms with Crippen molar-refractivity contribution in [3.8, 4) is 0 Å². The molecule has 0 aliphatic rings. The van der Waals surface area contributed by atoms with Crippen LogP contribution in [0.4, 0.5) is 0 Å². The molecular formula is C11H17ClO4. The van der Waals surface area contributed by atoms with Crippen LogP contribution in [0, 0.1) is 0 Å². The summed E-state index contributed by atoms with van der Waals surface area (Å²) in [5, 5.41) is 0. The van der Waals surface area contributed by atoms with Gasteiger partial charge < -0.3 is 9.47 Å². The van der Waals surface area contributed by atoms with Crippen LogP contribution in [-0.4, -0.2) is 31.0 Å². The Kier molecular flexibility index (Phi) is 8.62. The first-order valence-corrected chi connectivity index (χ1v) is 5.65. The fraction of sp³-hybridized carbons (Fsp3) is 0.636. The molecule has 0 spiro atoms. The van der Waals surface area contributed by atoms with Crippen molar-refractivity contribution < 1.29 is 19.1 Å². The van der Waals surface area contributed by atoms with Gasteiger partial charge in [-0.3, -0.25) is 4.79 Å². The van der Waals surface area contributed by atoms with Crippen LogP contribution in [0.2, 0.25) is 0 Å². The molecule has 16 heavy (non-hydrogen) atoms. The Morgan fingerprint density at radius 3 is 2.44 bits per heavy atom. The van der Waals surface area contributed by atoms with Gasteiger partial charge in [0.1, 0.15) is 6.61 Å². The van der Waals surface area contributed by atoms with Gasteiger partial charge in [0.05, 0.1) is 12.5 Å². The van der Waals surface area contributed by atoms with Crippen LogP contribution in [-0.2, 0) is 19.1 Å². The van der Waals surface area contributed by atoms with Gasteiger partial charge in [-0.1, -0.05) is 6.58 Å². The van der Waals surface area contributed by atoms with Gasteiger partial charge >= 0.3 is 11.9 Å². The summed E-state index contributed by atoms with van der Waals surface area (Å²) in [5.74, 6) is -0.362. The molecule has 0 aromatic rings. The van der Waals surface area contributed by atoms with Crippen molar-refractivity contribution in [2.24, 2.45) is 0 Å². The Morgan fingerprint density at radius 1 is 1.19 bits per heavy atom. The molecule has 0 aliphatic carbocycles. The summed E-state index contributed by atoms with van der Waals surface area (Å²) in [4.78, 5) is 22.0. The number of halogens is 1. The van der Waals surface area contributed by atoms with Crippen molar-refractivity contribution >= 4 is 23.5 Å². The zero-order valence-electron chi connectivity index (χ0n) is 9.46. The van der Waals surface area contributed by atoms with Crippen molar-refractivity contribution in [1.82, 2.24) is 0 Å². The van der Waals surface area contributed by atoms with Gasteiger partial charge in [-0.2, -0.15) is 0 Å². The highest BCUT2D eigenvalue weighted by Crippen LogP contribution is 2.00. The SMILES string of the molecule is C=C(C)C(=O)OCCCCC(=O)OCCCl. The summed E-state index contributed by atoms with van der Waals surface area (Å²) < 4.78 is 9.62. The molecule has 0 bridgehead atoms. The number of carbonyl (C=O) groups is 2. The molecule has 0 aromatic heterocycles. The molecule has 0 fully saturated rings. The second-order valence-corrected chi connectivity index (χ2v) is 3.66. The van der Waals surface area contributed by atoms with Gasteiger partial charge in [-0.15, -0.1) is 11.6 Å². The van der Waals surface area contributed by atoms with E-state index >= 15 is 0 Å². The zero-order valence-corrected chi connectivity index (χ0v) is 10.2. The number of hydrogen-bond donors (Lipinski definition) is 0. The van der Waals surface area contributed by atoms with Gasteiger partial charge in [0, 0.05) is 12.0 Å². The lowest BCUT2D eigenvalue weighted by Crippen LogP contribution is -2.08. The van der Waals surface area contributed by atoms with E-state index in [9.17, 15) is 9.59 Å². The molecule has 0 aromatic carbocycles. The minimum atomic E-state index is -0.398. The highest BCUT2D eigenvalue weighted by Gasteiger charge is 2.04. The number of rotatable bonds is 8. The third kappa shape index (κ3) is 8.29. The largest absolute Gasteiger partial charge is 0.464 e. The molecule has 0 heterocycles. The first-order chi connectivity index (χ1) is 7.57. The Morgan fingerprint density at radius 2 is 1.88 bits per heavy atom. The van der Waals surface area contributed by atoms with Gasteiger partial charge in [-0.05, 0) is 19.8 Å². The summed E-state index contributed by atoms with van der Waals surface area (Å²) in [6.07, 6.45) is 1.58. The number of alkyl halides is 1. The van der Waals surface area contributed by atoms with Crippen molar-refractivity contribution in [3.63, 3.8) is 0 Å². The Balaban J connectivity index is 3.36. The smallest absolute Gasteiger partial charge is 0.333 e. The number of carbonyl (C=O) groups excluding carboxylic acids is 2. The van der Waals surface area contributed by atoms with E-state index in [4.69, 9.17) is 21.1 Å². The minimum Gasteiger partial charge on any atom is -0.464 e. The summed E-state index contributed by atoms with van der Waals surface area (Å²) in [6, 6.07) is 0. The summed E-state index contributed by atoms with van der Waals surface area (Å²) in [5.41, 5.74) is 0.376. The average molecular weight is 249 g/mol. The van der Waals surface area contributed by atoms with Gasteiger partial charge in [0.15, 0.2) is 0 Å². The van der Waals surface area contributed by atoms with Crippen LogP contribution in [0.5, 0.6) is 0 Å². The van der Waals surface area contributed by atoms with E-state index in [0.29, 0.717) is 37.3 Å². The van der Waals surface area contributed by atoms with Crippen LogP contribution < -0.4 is 0 Å². The van der Waals surface area contributed by atoms with E-state index < -0.39 is 5.97 Å². The lowest BCUT2D eigenvalue weighted by atomic mass is 10.2. The number of esters is 2. The van der Waals surface area contributed by atoms with Crippen LogP contribution in [0.25, 0.3) is 0 Å². The summed E-state index contributed by atoms with van der Waals surface area (Å²) >= 11 is 5.35. The predicted octanol–water partition coefficient (Wildman–Crippen LogP) is 2.06.